The fraction of sp³-hybridized carbons (Fsp3) is 0.143. The average molecular weight is 212 g/mol. The summed E-state index contributed by atoms with van der Waals surface area (Å²) in [5, 5.41) is 19.5. The van der Waals surface area contributed by atoms with Crippen molar-refractivity contribution in [3.8, 4) is 11.1 Å². The van der Waals surface area contributed by atoms with Gasteiger partial charge in [0.1, 0.15) is 6.10 Å². The lowest BCUT2D eigenvalue weighted by Crippen LogP contribution is -1.94. The van der Waals surface area contributed by atoms with Crippen molar-refractivity contribution >= 4 is 0 Å². The second-order valence-electron chi connectivity index (χ2n) is 4.03. The van der Waals surface area contributed by atoms with Gasteiger partial charge in [-0.2, -0.15) is 0 Å². The Balaban J connectivity index is 2.35. The quantitative estimate of drug-likeness (QED) is 0.761. The lowest BCUT2D eigenvalue weighted by Gasteiger charge is -2.07. The zero-order chi connectivity index (χ0) is 11.1. The van der Waals surface area contributed by atoms with Gasteiger partial charge in [0.2, 0.25) is 0 Å². The SMILES string of the molecule is OCc1cccc2c1-c1ccccc1C2O. The van der Waals surface area contributed by atoms with Crippen molar-refractivity contribution in [2.24, 2.45) is 0 Å². The Morgan fingerprint density at radius 3 is 2.50 bits per heavy atom. The van der Waals surface area contributed by atoms with Crippen molar-refractivity contribution in [2.45, 2.75) is 12.7 Å². The van der Waals surface area contributed by atoms with Gasteiger partial charge < -0.3 is 10.2 Å². The average Bonchev–Trinajstić information content (AvgIpc) is 2.64. The van der Waals surface area contributed by atoms with Gasteiger partial charge in [-0.05, 0) is 27.8 Å². The molecular weight excluding hydrogens is 200 g/mol. The molecule has 0 aliphatic heterocycles. The maximum absolute atomic E-state index is 10.2. The Kier molecular flexibility index (Phi) is 2.06. The highest BCUT2D eigenvalue weighted by molar-refractivity contribution is 5.80. The van der Waals surface area contributed by atoms with E-state index in [-0.39, 0.29) is 6.61 Å². The van der Waals surface area contributed by atoms with Gasteiger partial charge in [0.25, 0.3) is 0 Å². The van der Waals surface area contributed by atoms with E-state index in [2.05, 4.69) is 0 Å². The van der Waals surface area contributed by atoms with Crippen molar-refractivity contribution in [2.75, 3.05) is 0 Å². The van der Waals surface area contributed by atoms with Crippen LogP contribution in [0.15, 0.2) is 42.5 Å². The summed E-state index contributed by atoms with van der Waals surface area (Å²) in [6.07, 6.45) is -0.558. The summed E-state index contributed by atoms with van der Waals surface area (Å²) in [5.74, 6) is 0. The third kappa shape index (κ3) is 1.14. The van der Waals surface area contributed by atoms with Crippen LogP contribution in [0.2, 0.25) is 0 Å². The first-order valence-electron chi connectivity index (χ1n) is 5.33. The largest absolute Gasteiger partial charge is 0.392 e. The minimum atomic E-state index is -0.558. The van der Waals surface area contributed by atoms with Gasteiger partial charge in [-0.15, -0.1) is 0 Å². The molecule has 0 aromatic heterocycles. The fourth-order valence-corrected chi connectivity index (χ4v) is 2.44. The molecule has 0 saturated carbocycles. The van der Waals surface area contributed by atoms with Crippen LogP contribution in [0.4, 0.5) is 0 Å². The van der Waals surface area contributed by atoms with Crippen molar-refractivity contribution in [3.63, 3.8) is 0 Å². The molecule has 80 valence electrons. The molecule has 0 saturated heterocycles. The van der Waals surface area contributed by atoms with Crippen molar-refractivity contribution in [1.82, 2.24) is 0 Å². The molecule has 2 aromatic rings. The Hall–Kier alpha value is -1.64. The maximum Gasteiger partial charge on any atom is 0.105 e. The summed E-state index contributed by atoms with van der Waals surface area (Å²) < 4.78 is 0. The van der Waals surface area contributed by atoms with Gasteiger partial charge in [0, 0.05) is 0 Å². The molecule has 1 atom stereocenters. The molecule has 1 aliphatic rings. The highest BCUT2D eigenvalue weighted by Crippen LogP contribution is 2.44. The van der Waals surface area contributed by atoms with E-state index < -0.39 is 6.10 Å². The Morgan fingerprint density at radius 2 is 1.69 bits per heavy atom. The minimum absolute atomic E-state index is 0.00419. The number of aliphatic hydroxyl groups is 2. The molecular formula is C14H12O2. The van der Waals surface area contributed by atoms with Crippen LogP contribution < -0.4 is 0 Å². The number of fused-ring (bicyclic) bond motifs is 3. The Morgan fingerprint density at radius 1 is 0.938 bits per heavy atom. The molecule has 2 heteroatoms. The number of benzene rings is 2. The summed E-state index contributed by atoms with van der Waals surface area (Å²) >= 11 is 0. The van der Waals surface area contributed by atoms with Gasteiger partial charge in [-0.25, -0.2) is 0 Å². The smallest absolute Gasteiger partial charge is 0.105 e. The van der Waals surface area contributed by atoms with Crippen LogP contribution in [0.1, 0.15) is 22.8 Å². The molecule has 16 heavy (non-hydrogen) atoms. The van der Waals surface area contributed by atoms with Crippen LogP contribution >= 0.6 is 0 Å². The van der Waals surface area contributed by atoms with Crippen molar-refractivity contribution < 1.29 is 10.2 Å². The van der Waals surface area contributed by atoms with Crippen LogP contribution in [-0.4, -0.2) is 10.2 Å². The zero-order valence-electron chi connectivity index (χ0n) is 8.72. The molecule has 0 bridgehead atoms. The van der Waals surface area contributed by atoms with Gasteiger partial charge in [0.05, 0.1) is 6.61 Å². The molecule has 0 fully saturated rings. The van der Waals surface area contributed by atoms with Crippen LogP contribution in [-0.2, 0) is 6.61 Å². The molecule has 2 nitrogen and oxygen atoms in total. The van der Waals surface area contributed by atoms with Gasteiger partial charge in [0.15, 0.2) is 0 Å². The Bertz CT molecular complexity index is 546. The van der Waals surface area contributed by atoms with E-state index >= 15 is 0 Å². The van der Waals surface area contributed by atoms with E-state index in [9.17, 15) is 10.2 Å². The summed E-state index contributed by atoms with van der Waals surface area (Å²) in [6.45, 7) is 0.00419. The number of aliphatic hydroxyl groups excluding tert-OH is 2. The first-order valence-corrected chi connectivity index (χ1v) is 5.33. The van der Waals surface area contributed by atoms with Crippen molar-refractivity contribution in [1.29, 1.82) is 0 Å². The molecule has 0 amide bonds. The molecule has 0 spiro atoms. The second-order valence-corrected chi connectivity index (χ2v) is 4.03. The lowest BCUT2D eigenvalue weighted by atomic mass is 10.00. The Labute approximate surface area is 93.8 Å². The second kappa shape index (κ2) is 3.44. The van der Waals surface area contributed by atoms with E-state index in [1.807, 2.05) is 42.5 Å². The molecule has 2 aromatic carbocycles. The molecule has 0 radical (unpaired) electrons. The fourth-order valence-electron chi connectivity index (χ4n) is 2.44. The van der Waals surface area contributed by atoms with Crippen LogP contribution in [0.3, 0.4) is 0 Å². The summed E-state index contributed by atoms with van der Waals surface area (Å²) in [4.78, 5) is 0. The highest BCUT2D eigenvalue weighted by atomic mass is 16.3. The highest BCUT2D eigenvalue weighted by Gasteiger charge is 2.27. The monoisotopic (exact) mass is 212 g/mol. The third-order valence-corrected chi connectivity index (χ3v) is 3.17. The van der Waals surface area contributed by atoms with E-state index in [1.165, 1.54) is 0 Å². The normalized spacial score (nSPS) is 17.0. The number of rotatable bonds is 1. The van der Waals surface area contributed by atoms with Crippen LogP contribution in [0.25, 0.3) is 11.1 Å². The predicted molar refractivity (Wildman–Crippen MR) is 61.9 cm³/mol. The molecule has 2 N–H and O–H groups in total. The molecule has 1 aliphatic carbocycles. The lowest BCUT2D eigenvalue weighted by molar-refractivity contribution is 0.225. The number of hydrogen-bond acceptors (Lipinski definition) is 2. The topological polar surface area (TPSA) is 40.5 Å². The van der Waals surface area contributed by atoms with E-state index in [0.29, 0.717) is 0 Å². The zero-order valence-corrected chi connectivity index (χ0v) is 8.72. The standard InChI is InChI=1S/C14H12O2/c15-8-9-4-3-7-12-13(9)10-5-1-2-6-11(10)14(12)16/h1-7,14-16H,8H2. The van der Waals surface area contributed by atoms with Gasteiger partial charge in [-0.1, -0.05) is 42.5 Å². The maximum atomic E-state index is 10.2. The number of hydrogen-bond donors (Lipinski definition) is 2. The summed E-state index contributed by atoms with van der Waals surface area (Å²) in [6, 6.07) is 13.5. The van der Waals surface area contributed by atoms with Gasteiger partial charge in [-0.3, -0.25) is 0 Å². The van der Waals surface area contributed by atoms with Crippen LogP contribution in [0.5, 0.6) is 0 Å². The van der Waals surface area contributed by atoms with Crippen molar-refractivity contribution in [3.05, 3.63) is 59.2 Å². The molecule has 1 unspecified atom stereocenters. The predicted octanol–water partition coefficient (Wildman–Crippen LogP) is 2.24. The molecule has 0 heterocycles. The third-order valence-electron chi connectivity index (χ3n) is 3.17. The summed E-state index contributed by atoms with van der Waals surface area (Å²) in [5.41, 5.74) is 4.73. The van der Waals surface area contributed by atoms with E-state index in [0.717, 1.165) is 27.8 Å². The van der Waals surface area contributed by atoms with E-state index in [1.54, 1.807) is 0 Å². The summed E-state index contributed by atoms with van der Waals surface area (Å²) in [7, 11) is 0. The molecule has 3 rings (SSSR count). The van der Waals surface area contributed by atoms with Gasteiger partial charge >= 0.3 is 0 Å². The van der Waals surface area contributed by atoms with Crippen LogP contribution in [0, 0.1) is 0 Å². The minimum Gasteiger partial charge on any atom is -0.392 e. The van der Waals surface area contributed by atoms with E-state index in [4.69, 9.17) is 0 Å². The first kappa shape index (κ1) is 9.58. The first-order chi connectivity index (χ1) is 7.83.